The Bertz CT molecular complexity index is 688. The lowest BCUT2D eigenvalue weighted by atomic mass is 9.95. The maximum Gasteiger partial charge on any atom is 0.416 e. The number of urea groups is 1. The number of amides is 3. The summed E-state index contributed by atoms with van der Waals surface area (Å²) in [7, 11) is 0. The predicted octanol–water partition coefficient (Wildman–Crippen LogP) is 1.91. The number of aliphatic carboxylic acids is 1. The number of nitrogens with zero attached hydrogens (tertiary/aromatic N) is 2. The van der Waals surface area contributed by atoms with Crippen LogP contribution in [0.1, 0.15) is 18.5 Å². The van der Waals surface area contributed by atoms with Crippen LogP contribution in [-0.2, 0) is 4.79 Å². The van der Waals surface area contributed by atoms with Crippen molar-refractivity contribution in [3.8, 4) is 0 Å². The Hall–Kier alpha value is -2.55. The van der Waals surface area contributed by atoms with Crippen LogP contribution in [0, 0.1) is 0 Å². The third-order valence-electron chi connectivity index (χ3n) is 3.17. The lowest BCUT2D eigenvalue weighted by Crippen LogP contribution is -2.50. The molecule has 22 heavy (non-hydrogen) atoms. The molecule has 3 N–H and O–H groups in total. The first-order valence-electron chi connectivity index (χ1n) is 6.14. The summed E-state index contributed by atoms with van der Waals surface area (Å²) >= 11 is 1.24. The Labute approximate surface area is 129 Å². The zero-order valence-electron chi connectivity index (χ0n) is 11.7. The van der Waals surface area contributed by atoms with E-state index in [0.717, 1.165) is 0 Å². The Kier molecular flexibility index (Phi) is 4.36. The van der Waals surface area contributed by atoms with E-state index in [0.29, 0.717) is 15.5 Å². The second-order valence-corrected chi connectivity index (χ2v) is 5.23. The van der Waals surface area contributed by atoms with Crippen LogP contribution in [0.15, 0.2) is 34.6 Å². The van der Waals surface area contributed by atoms with Crippen molar-refractivity contribution >= 4 is 29.9 Å². The molecule has 0 fully saturated rings. The summed E-state index contributed by atoms with van der Waals surface area (Å²) in [5.41, 5.74) is 0.255. The molecule has 1 unspecified atom stereocenters. The highest BCUT2D eigenvalue weighted by atomic mass is 32.2. The van der Waals surface area contributed by atoms with Gasteiger partial charge in [0.1, 0.15) is 11.1 Å². The number of aromatic nitrogens is 1. The molecule has 0 radical (unpaired) electrons. The number of carbonyl (C=O) groups is 3. The molecule has 0 bridgehead atoms. The standard InChI is InChI=1S/C13H13N3O5S/c1-6-8(11(17)18)9(16(13(20)21)12(19)15-6)7-4-3-5-14-10(7)22-2/h3-5,9H,1-2H3,(H,15,19)(H,17,18)(H,20,21). The molecule has 0 aliphatic carbocycles. The van der Waals surface area contributed by atoms with E-state index in [2.05, 4.69) is 10.3 Å². The number of rotatable bonds is 3. The summed E-state index contributed by atoms with van der Waals surface area (Å²) in [5.74, 6) is -1.30. The van der Waals surface area contributed by atoms with Crippen molar-refractivity contribution < 1.29 is 24.6 Å². The third-order valence-corrected chi connectivity index (χ3v) is 3.90. The van der Waals surface area contributed by atoms with Gasteiger partial charge in [0.15, 0.2) is 0 Å². The van der Waals surface area contributed by atoms with Gasteiger partial charge in [0, 0.05) is 17.5 Å². The van der Waals surface area contributed by atoms with E-state index in [1.54, 1.807) is 18.4 Å². The summed E-state index contributed by atoms with van der Waals surface area (Å²) in [5, 5.41) is 21.5. The third kappa shape index (κ3) is 2.62. The normalized spacial score (nSPS) is 18.2. The highest BCUT2D eigenvalue weighted by Gasteiger charge is 2.42. The smallest absolute Gasteiger partial charge is 0.416 e. The van der Waals surface area contributed by atoms with Crippen LogP contribution in [0.3, 0.4) is 0 Å². The molecular weight excluding hydrogens is 310 g/mol. The van der Waals surface area contributed by atoms with Crippen molar-refractivity contribution in [1.29, 1.82) is 0 Å². The van der Waals surface area contributed by atoms with Gasteiger partial charge in [0.05, 0.1) is 5.57 Å². The predicted molar refractivity (Wildman–Crippen MR) is 77.5 cm³/mol. The number of nitrogens with one attached hydrogen (secondary N) is 1. The van der Waals surface area contributed by atoms with E-state index in [-0.39, 0.29) is 11.3 Å². The number of carbonyl (C=O) groups excluding carboxylic acids is 1. The fourth-order valence-corrected chi connectivity index (χ4v) is 2.87. The van der Waals surface area contributed by atoms with Crippen molar-refractivity contribution in [3.05, 3.63) is 35.2 Å². The Balaban J connectivity index is 2.72. The first kappa shape index (κ1) is 15.8. The first-order valence-corrected chi connectivity index (χ1v) is 7.37. The summed E-state index contributed by atoms with van der Waals surface area (Å²) in [6, 6.07) is 0.987. The number of pyridine rings is 1. The SMILES string of the molecule is CSc1ncccc1C1C(C(=O)O)=C(C)NC(=O)N1C(=O)O. The summed E-state index contributed by atoms with van der Waals surface area (Å²) < 4.78 is 0. The van der Waals surface area contributed by atoms with Crippen molar-refractivity contribution in [3.63, 3.8) is 0 Å². The van der Waals surface area contributed by atoms with E-state index >= 15 is 0 Å². The Morgan fingerprint density at radius 2 is 2.09 bits per heavy atom. The van der Waals surface area contributed by atoms with Crippen LogP contribution in [-0.4, -0.2) is 44.4 Å². The van der Waals surface area contributed by atoms with Crippen LogP contribution in [0.4, 0.5) is 9.59 Å². The minimum absolute atomic E-state index is 0.107. The molecule has 2 rings (SSSR count). The number of carboxylic acids is 1. The molecule has 8 nitrogen and oxygen atoms in total. The second-order valence-electron chi connectivity index (χ2n) is 4.43. The second kappa shape index (κ2) is 6.06. The minimum atomic E-state index is -1.54. The number of hydrogen-bond donors (Lipinski definition) is 3. The number of thioether (sulfide) groups is 1. The van der Waals surface area contributed by atoms with E-state index in [1.807, 2.05) is 0 Å². The highest BCUT2D eigenvalue weighted by molar-refractivity contribution is 7.98. The topological polar surface area (TPSA) is 120 Å². The van der Waals surface area contributed by atoms with Crippen molar-refractivity contribution in [2.75, 3.05) is 6.26 Å². The van der Waals surface area contributed by atoms with Gasteiger partial charge in [-0.3, -0.25) is 0 Å². The molecule has 1 aliphatic rings. The molecule has 1 atom stereocenters. The molecule has 3 amide bonds. The monoisotopic (exact) mass is 323 g/mol. The van der Waals surface area contributed by atoms with Crippen LogP contribution >= 0.6 is 11.8 Å². The Morgan fingerprint density at radius 1 is 1.41 bits per heavy atom. The zero-order valence-corrected chi connectivity index (χ0v) is 12.5. The van der Waals surface area contributed by atoms with Crippen LogP contribution in [0.2, 0.25) is 0 Å². The van der Waals surface area contributed by atoms with Crippen LogP contribution in [0.25, 0.3) is 0 Å². The maximum atomic E-state index is 12.0. The number of allylic oxidation sites excluding steroid dienone is 1. The van der Waals surface area contributed by atoms with Crippen LogP contribution < -0.4 is 5.32 Å². The molecule has 116 valence electrons. The minimum Gasteiger partial charge on any atom is -0.478 e. The van der Waals surface area contributed by atoms with Gasteiger partial charge < -0.3 is 15.5 Å². The van der Waals surface area contributed by atoms with Gasteiger partial charge in [-0.1, -0.05) is 6.07 Å². The summed E-state index contributed by atoms with van der Waals surface area (Å²) in [6.45, 7) is 1.42. The maximum absolute atomic E-state index is 12.0. The van der Waals surface area contributed by atoms with Gasteiger partial charge in [0.25, 0.3) is 0 Å². The number of carboxylic acid groups (broad SMARTS) is 2. The van der Waals surface area contributed by atoms with E-state index in [9.17, 15) is 24.6 Å². The van der Waals surface area contributed by atoms with Gasteiger partial charge in [-0.05, 0) is 19.2 Å². The summed E-state index contributed by atoms with van der Waals surface area (Å²) in [4.78, 5) is 39.6. The van der Waals surface area contributed by atoms with Gasteiger partial charge >= 0.3 is 18.1 Å². The average molecular weight is 323 g/mol. The lowest BCUT2D eigenvalue weighted by Gasteiger charge is -2.34. The molecule has 1 aromatic heterocycles. The molecule has 9 heteroatoms. The Morgan fingerprint density at radius 3 is 2.64 bits per heavy atom. The first-order chi connectivity index (χ1) is 10.4. The van der Waals surface area contributed by atoms with Gasteiger partial charge in [-0.15, -0.1) is 11.8 Å². The molecule has 0 saturated heterocycles. The lowest BCUT2D eigenvalue weighted by molar-refractivity contribution is -0.133. The molecular formula is C13H13N3O5S. The highest BCUT2D eigenvalue weighted by Crippen LogP contribution is 2.37. The van der Waals surface area contributed by atoms with Crippen molar-refractivity contribution in [2.24, 2.45) is 0 Å². The molecule has 0 aromatic carbocycles. The molecule has 0 spiro atoms. The number of imide groups is 1. The van der Waals surface area contributed by atoms with Gasteiger partial charge in [-0.2, -0.15) is 0 Å². The largest absolute Gasteiger partial charge is 0.478 e. The molecule has 1 aromatic rings. The fraction of sp³-hybridized carbons (Fsp3) is 0.231. The van der Waals surface area contributed by atoms with Crippen molar-refractivity contribution in [1.82, 2.24) is 15.2 Å². The molecule has 2 heterocycles. The van der Waals surface area contributed by atoms with E-state index < -0.39 is 24.1 Å². The van der Waals surface area contributed by atoms with Gasteiger partial charge in [-0.25, -0.2) is 24.3 Å². The molecule has 1 aliphatic heterocycles. The zero-order chi connectivity index (χ0) is 16.4. The van der Waals surface area contributed by atoms with Crippen molar-refractivity contribution in [2.45, 2.75) is 18.0 Å². The van der Waals surface area contributed by atoms with E-state index in [4.69, 9.17) is 0 Å². The van der Waals surface area contributed by atoms with Gasteiger partial charge in [0.2, 0.25) is 0 Å². The van der Waals surface area contributed by atoms with E-state index in [1.165, 1.54) is 24.9 Å². The quantitative estimate of drug-likeness (QED) is 0.727. The summed E-state index contributed by atoms with van der Waals surface area (Å²) in [6.07, 6.45) is 1.71. The molecule has 0 saturated carbocycles. The fourth-order valence-electron chi connectivity index (χ4n) is 2.29. The average Bonchev–Trinajstić information content (AvgIpc) is 2.45. The van der Waals surface area contributed by atoms with Crippen LogP contribution in [0.5, 0.6) is 0 Å². The number of hydrogen-bond acceptors (Lipinski definition) is 5.